The standard InChI is InChI=1S/C9H6ClNO2/c10-9-11-5-8(13-9)6-3-1-2-4-7(6)12/h1-5,12H. The fourth-order valence-corrected chi connectivity index (χ4v) is 1.19. The second kappa shape index (κ2) is 3.11. The van der Waals surface area contributed by atoms with Crippen LogP contribution in [0.2, 0.25) is 5.35 Å². The molecule has 0 aliphatic rings. The predicted octanol–water partition coefficient (Wildman–Crippen LogP) is 2.70. The van der Waals surface area contributed by atoms with E-state index >= 15 is 0 Å². The highest BCUT2D eigenvalue weighted by Crippen LogP contribution is 2.29. The third-order valence-corrected chi connectivity index (χ3v) is 1.82. The van der Waals surface area contributed by atoms with Gasteiger partial charge in [0, 0.05) is 0 Å². The normalized spacial score (nSPS) is 10.2. The molecule has 2 aromatic rings. The number of nitrogens with zero attached hydrogens (tertiary/aromatic N) is 1. The first-order valence-corrected chi connectivity index (χ1v) is 4.05. The van der Waals surface area contributed by atoms with Gasteiger partial charge in [0.05, 0.1) is 11.8 Å². The number of aromatic nitrogens is 1. The summed E-state index contributed by atoms with van der Waals surface area (Å²) in [5, 5.41) is 9.51. The predicted molar refractivity (Wildman–Crippen MR) is 48.6 cm³/mol. The van der Waals surface area contributed by atoms with Gasteiger partial charge in [-0.1, -0.05) is 12.1 Å². The molecule has 4 heteroatoms. The van der Waals surface area contributed by atoms with E-state index in [-0.39, 0.29) is 11.1 Å². The van der Waals surface area contributed by atoms with E-state index in [1.165, 1.54) is 6.20 Å². The summed E-state index contributed by atoms with van der Waals surface area (Å²) in [4.78, 5) is 3.72. The van der Waals surface area contributed by atoms with Crippen LogP contribution < -0.4 is 0 Å². The van der Waals surface area contributed by atoms with Crippen molar-refractivity contribution < 1.29 is 9.52 Å². The Morgan fingerprint density at radius 3 is 2.69 bits per heavy atom. The Labute approximate surface area is 79.6 Å². The van der Waals surface area contributed by atoms with Gasteiger partial charge in [-0.15, -0.1) is 0 Å². The molecule has 0 fully saturated rings. The largest absolute Gasteiger partial charge is 0.507 e. The first kappa shape index (κ1) is 8.13. The molecule has 0 amide bonds. The average Bonchev–Trinajstić information content (AvgIpc) is 2.53. The molecule has 1 N–H and O–H groups in total. The maximum Gasteiger partial charge on any atom is 0.292 e. The highest BCUT2D eigenvalue weighted by Gasteiger charge is 2.07. The minimum Gasteiger partial charge on any atom is -0.507 e. The molecule has 0 saturated carbocycles. The van der Waals surface area contributed by atoms with Crippen molar-refractivity contribution in [3.05, 3.63) is 35.8 Å². The molecule has 2 rings (SSSR count). The zero-order valence-corrected chi connectivity index (χ0v) is 7.32. The number of hydrogen-bond donors (Lipinski definition) is 1. The monoisotopic (exact) mass is 195 g/mol. The van der Waals surface area contributed by atoms with Crippen molar-refractivity contribution in [1.82, 2.24) is 4.98 Å². The van der Waals surface area contributed by atoms with Crippen molar-refractivity contribution in [2.24, 2.45) is 0 Å². The fourth-order valence-electron chi connectivity index (χ4n) is 1.06. The Morgan fingerprint density at radius 2 is 2.08 bits per heavy atom. The van der Waals surface area contributed by atoms with E-state index in [9.17, 15) is 5.11 Å². The third-order valence-electron chi connectivity index (χ3n) is 1.65. The molecule has 0 unspecified atom stereocenters. The summed E-state index contributed by atoms with van der Waals surface area (Å²) in [6, 6.07) is 6.83. The van der Waals surface area contributed by atoms with Crippen LogP contribution in [-0.4, -0.2) is 10.1 Å². The molecule has 0 atom stereocenters. The molecule has 1 heterocycles. The summed E-state index contributed by atoms with van der Waals surface area (Å²) in [6.45, 7) is 0. The van der Waals surface area contributed by atoms with E-state index in [2.05, 4.69) is 4.98 Å². The SMILES string of the molecule is Oc1ccccc1-c1cnc(Cl)o1. The number of para-hydroxylation sites is 1. The molecule has 1 aromatic carbocycles. The maximum absolute atomic E-state index is 9.44. The van der Waals surface area contributed by atoms with Gasteiger partial charge in [0.1, 0.15) is 5.75 Å². The number of benzene rings is 1. The molecule has 0 aliphatic heterocycles. The van der Waals surface area contributed by atoms with Gasteiger partial charge < -0.3 is 9.52 Å². The first-order valence-electron chi connectivity index (χ1n) is 3.67. The van der Waals surface area contributed by atoms with E-state index < -0.39 is 0 Å². The lowest BCUT2D eigenvalue weighted by Gasteiger charge is -1.97. The second-order valence-electron chi connectivity index (χ2n) is 2.49. The Bertz CT molecular complexity index is 425. The Morgan fingerprint density at radius 1 is 1.31 bits per heavy atom. The van der Waals surface area contributed by atoms with Gasteiger partial charge >= 0.3 is 0 Å². The summed E-state index contributed by atoms with van der Waals surface area (Å²) in [5.41, 5.74) is 0.585. The zero-order valence-electron chi connectivity index (χ0n) is 6.57. The molecule has 13 heavy (non-hydrogen) atoms. The maximum atomic E-state index is 9.44. The van der Waals surface area contributed by atoms with Gasteiger partial charge in [-0.3, -0.25) is 0 Å². The molecule has 1 aromatic heterocycles. The van der Waals surface area contributed by atoms with Crippen molar-refractivity contribution >= 4 is 11.6 Å². The minimum atomic E-state index is 0.0678. The van der Waals surface area contributed by atoms with Crippen LogP contribution in [0.1, 0.15) is 0 Å². The van der Waals surface area contributed by atoms with E-state index in [1.807, 2.05) is 0 Å². The van der Waals surface area contributed by atoms with Gasteiger partial charge in [-0.05, 0) is 23.7 Å². The van der Waals surface area contributed by atoms with E-state index in [4.69, 9.17) is 16.0 Å². The number of oxazole rings is 1. The summed E-state index contributed by atoms with van der Waals surface area (Å²) >= 11 is 5.50. The molecule has 66 valence electrons. The van der Waals surface area contributed by atoms with Gasteiger partial charge in [-0.2, -0.15) is 0 Å². The zero-order chi connectivity index (χ0) is 9.26. The van der Waals surface area contributed by atoms with Crippen LogP contribution in [0.25, 0.3) is 11.3 Å². The number of rotatable bonds is 1. The van der Waals surface area contributed by atoms with Crippen molar-refractivity contribution in [1.29, 1.82) is 0 Å². The van der Waals surface area contributed by atoms with Gasteiger partial charge in [0.25, 0.3) is 5.35 Å². The third kappa shape index (κ3) is 1.51. The first-order chi connectivity index (χ1) is 6.27. The van der Waals surface area contributed by atoms with Crippen LogP contribution in [0.15, 0.2) is 34.9 Å². The topological polar surface area (TPSA) is 46.3 Å². The van der Waals surface area contributed by atoms with Gasteiger partial charge in [-0.25, -0.2) is 4.98 Å². The van der Waals surface area contributed by atoms with Gasteiger partial charge in [0.15, 0.2) is 5.76 Å². The van der Waals surface area contributed by atoms with Crippen molar-refractivity contribution in [2.45, 2.75) is 0 Å². The summed E-state index contributed by atoms with van der Waals surface area (Å²) < 4.78 is 5.04. The highest BCUT2D eigenvalue weighted by atomic mass is 35.5. The lowest BCUT2D eigenvalue weighted by atomic mass is 10.2. The molecule has 0 bridgehead atoms. The molecular formula is C9H6ClNO2. The van der Waals surface area contributed by atoms with Gasteiger partial charge in [0.2, 0.25) is 0 Å². The minimum absolute atomic E-state index is 0.0678. The van der Waals surface area contributed by atoms with E-state index in [0.717, 1.165) is 0 Å². The van der Waals surface area contributed by atoms with E-state index in [0.29, 0.717) is 11.3 Å². The van der Waals surface area contributed by atoms with Crippen LogP contribution in [0.5, 0.6) is 5.75 Å². The van der Waals surface area contributed by atoms with E-state index in [1.54, 1.807) is 24.3 Å². The highest BCUT2D eigenvalue weighted by molar-refractivity contribution is 6.27. The summed E-state index contributed by atoms with van der Waals surface area (Å²) in [7, 11) is 0. The summed E-state index contributed by atoms with van der Waals surface area (Å²) in [5.74, 6) is 0.610. The van der Waals surface area contributed by atoms with Crippen LogP contribution >= 0.6 is 11.6 Å². The number of phenolic OH excluding ortho intramolecular Hbond substituents is 1. The van der Waals surface area contributed by atoms with Crippen LogP contribution in [0.3, 0.4) is 0 Å². The smallest absolute Gasteiger partial charge is 0.292 e. The summed E-state index contributed by atoms with van der Waals surface area (Å²) in [6.07, 6.45) is 1.47. The van der Waals surface area contributed by atoms with Crippen molar-refractivity contribution in [3.8, 4) is 17.1 Å². The molecule has 3 nitrogen and oxygen atoms in total. The molecule has 0 spiro atoms. The molecular weight excluding hydrogens is 190 g/mol. The van der Waals surface area contributed by atoms with Crippen LogP contribution in [0, 0.1) is 0 Å². The molecule has 0 radical (unpaired) electrons. The Hall–Kier alpha value is -1.48. The quantitative estimate of drug-likeness (QED) is 0.761. The Balaban J connectivity index is 2.52. The average molecular weight is 196 g/mol. The number of hydrogen-bond acceptors (Lipinski definition) is 3. The second-order valence-corrected chi connectivity index (χ2v) is 2.82. The molecule has 0 saturated heterocycles. The van der Waals surface area contributed by atoms with Crippen molar-refractivity contribution in [3.63, 3.8) is 0 Å². The fraction of sp³-hybridized carbons (Fsp3) is 0. The van der Waals surface area contributed by atoms with Crippen molar-refractivity contribution in [2.75, 3.05) is 0 Å². The van der Waals surface area contributed by atoms with Crippen LogP contribution in [-0.2, 0) is 0 Å². The number of phenols is 1. The Kier molecular flexibility index (Phi) is 1.94. The molecule has 0 aliphatic carbocycles. The number of halogens is 1. The lowest BCUT2D eigenvalue weighted by molar-refractivity contribution is 0.473. The van der Waals surface area contributed by atoms with Crippen LogP contribution in [0.4, 0.5) is 0 Å². The number of aromatic hydroxyl groups is 1. The lowest BCUT2D eigenvalue weighted by Crippen LogP contribution is -1.73.